The Labute approximate surface area is 175 Å². The molecule has 30 heavy (non-hydrogen) atoms. The Kier molecular flexibility index (Phi) is 5.21. The van der Waals surface area contributed by atoms with E-state index in [1.54, 1.807) is 7.11 Å². The first-order valence-electron chi connectivity index (χ1n) is 10.3. The molecule has 7 heteroatoms. The van der Waals surface area contributed by atoms with E-state index in [9.17, 15) is 0 Å². The van der Waals surface area contributed by atoms with Crippen molar-refractivity contribution in [3.8, 4) is 11.4 Å². The number of benzene rings is 2. The Morgan fingerprint density at radius 2 is 2.00 bits per heavy atom. The number of nitrogens with one attached hydrogen (secondary N) is 2. The van der Waals surface area contributed by atoms with Gasteiger partial charge >= 0.3 is 0 Å². The third kappa shape index (κ3) is 3.58. The van der Waals surface area contributed by atoms with Crippen molar-refractivity contribution in [1.29, 1.82) is 0 Å². The van der Waals surface area contributed by atoms with Crippen molar-refractivity contribution in [2.45, 2.75) is 0 Å². The molecule has 1 saturated heterocycles. The molecule has 0 spiro atoms. The van der Waals surface area contributed by atoms with Gasteiger partial charge in [-0.3, -0.25) is 4.98 Å². The van der Waals surface area contributed by atoms with Crippen LogP contribution in [0.1, 0.15) is 0 Å². The van der Waals surface area contributed by atoms with Gasteiger partial charge in [-0.05, 0) is 24.3 Å². The van der Waals surface area contributed by atoms with E-state index in [2.05, 4.69) is 44.5 Å². The largest absolute Gasteiger partial charge is 0.383 e. The SMILES string of the molecule is COCCNc1c(-c2nc3ccc(N4CCOCC4)cc3[nH]2)cnc2ccccc12. The fourth-order valence-electron chi connectivity index (χ4n) is 3.93. The summed E-state index contributed by atoms with van der Waals surface area (Å²) in [5.74, 6) is 0.808. The predicted molar refractivity (Wildman–Crippen MR) is 120 cm³/mol. The Bertz CT molecular complexity index is 1170. The highest BCUT2D eigenvalue weighted by molar-refractivity contribution is 5.99. The van der Waals surface area contributed by atoms with Crippen LogP contribution in [0.3, 0.4) is 0 Å². The van der Waals surface area contributed by atoms with E-state index in [0.717, 1.165) is 65.3 Å². The van der Waals surface area contributed by atoms with Gasteiger partial charge in [-0.25, -0.2) is 4.98 Å². The van der Waals surface area contributed by atoms with Crippen LogP contribution >= 0.6 is 0 Å². The average Bonchev–Trinajstić information content (AvgIpc) is 3.23. The number of pyridine rings is 1. The number of rotatable bonds is 6. The molecule has 0 saturated carbocycles. The highest BCUT2D eigenvalue weighted by atomic mass is 16.5. The predicted octanol–water partition coefficient (Wildman–Crippen LogP) is 3.67. The summed E-state index contributed by atoms with van der Waals surface area (Å²) in [5.41, 5.74) is 6.07. The molecule has 2 N–H and O–H groups in total. The molecule has 0 bridgehead atoms. The molecular weight excluding hydrogens is 378 g/mol. The molecule has 154 valence electrons. The van der Waals surface area contributed by atoms with Crippen LogP contribution in [0, 0.1) is 0 Å². The van der Waals surface area contributed by atoms with Crippen molar-refractivity contribution >= 4 is 33.3 Å². The maximum atomic E-state index is 5.47. The number of aromatic amines is 1. The summed E-state index contributed by atoms with van der Waals surface area (Å²) in [7, 11) is 1.71. The number of methoxy groups -OCH3 is 1. The third-order valence-electron chi connectivity index (χ3n) is 5.48. The van der Waals surface area contributed by atoms with Gasteiger partial charge in [0.25, 0.3) is 0 Å². The molecule has 1 fully saturated rings. The van der Waals surface area contributed by atoms with E-state index >= 15 is 0 Å². The molecule has 0 aliphatic carbocycles. The fraction of sp³-hybridized carbons (Fsp3) is 0.304. The second-order valence-corrected chi connectivity index (χ2v) is 7.37. The van der Waals surface area contributed by atoms with Crippen LogP contribution in [0.15, 0.2) is 48.7 Å². The minimum atomic E-state index is 0.624. The summed E-state index contributed by atoms with van der Waals surface area (Å²) >= 11 is 0. The van der Waals surface area contributed by atoms with Crippen LogP contribution < -0.4 is 10.2 Å². The van der Waals surface area contributed by atoms with Crippen molar-refractivity contribution in [2.75, 3.05) is 56.8 Å². The number of para-hydroxylation sites is 1. The van der Waals surface area contributed by atoms with Gasteiger partial charge in [0.1, 0.15) is 5.82 Å². The number of ether oxygens (including phenoxy) is 2. The van der Waals surface area contributed by atoms with Crippen LogP contribution in [0.25, 0.3) is 33.3 Å². The van der Waals surface area contributed by atoms with Crippen molar-refractivity contribution < 1.29 is 9.47 Å². The smallest absolute Gasteiger partial charge is 0.142 e. The van der Waals surface area contributed by atoms with E-state index in [1.165, 1.54) is 5.69 Å². The molecule has 3 heterocycles. The molecule has 7 nitrogen and oxygen atoms in total. The zero-order valence-electron chi connectivity index (χ0n) is 17.0. The Hall–Kier alpha value is -3.16. The monoisotopic (exact) mass is 403 g/mol. The van der Waals surface area contributed by atoms with Gasteiger partial charge in [0, 0.05) is 44.0 Å². The molecule has 2 aromatic heterocycles. The lowest BCUT2D eigenvalue weighted by molar-refractivity contribution is 0.122. The molecule has 5 rings (SSSR count). The fourth-order valence-corrected chi connectivity index (χ4v) is 3.93. The molecule has 0 atom stereocenters. The molecule has 0 unspecified atom stereocenters. The number of fused-ring (bicyclic) bond motifs is 2. The van der Waals surface area contributed by atoms with Gasteiger partial charge in [0.2, 0.25) is 0 Å². The summed E-state index contributed by atoms with van der Waals surface area (Å²) in [6.45, 7) is 4.69. The summed E-state index contributed by atoms with van der Waals surface area (Å²) in [4.78, 5) is 15.4. The van der Waals surface area contributed by atoms with E-state index in [-0.39, 0.29) is 0 Å². The van der Waals surface area contributed by atoms with E-state index in [0.29, 0.717) is 13.2 Å². The number of H-pyrrole nitrogens is 1. The lowest BCUT2D eigenvalue weighted by Crippen LogP contribution is -2.36. The van der Waals surface area contributed by atoms with Gasteiger partial charge in [-0.15, -0.1) is 0 Å². The number of anilines is 2. The molecule has 1 aliphatic rings. The van der Waals surface area contributed by atoms with E-state index in [1.807, 2.05) is 24.4 Å². The highest BCUT2D eigenvalue weighted by Gasteiger charge is 2.16. The molecule has 0 amide bonds. The topological polar surface area (TPSA) is 75.3 Å². The quantitative estimate of drug-likeness (QED) is 0.479. The van der Waals surface area contributed by atoms with Gasteiger partial charge < -0.3 is 24.7 Å². The second kappa shape index (κ2) is 8.30. The van der Waals surface area contributed by atoms with Crippen LogP contribution in [0.2, 0.25) is 0 Å². The minimum Gasteiger partial charge on any atom is -0.383 e. The summed E-state index contributed by atoms with van der Waals surface area (Å²) in [6, 6.07) is 14.5. The normalized spacial score (nSPS) is 14.5. The van der Waals surface area contributed by atoms with Crippen molar-refractivity contribution in [1.82, 2.24) is 15.0 Å². The first-order valence-corrected chi connectivity index (χ1v) is 10.3. The van der Waals surface area contributed by atoms with Crippen LogP contribution in [0.4, 0.5) is 11.4 Å². The number of nitrogens with zero attached hydrogens (tertiary/aromatic N) is 3. The standard InChI is InChI=1S/C23H25N5O2/c1-29-11-8-24-22-17-4-2-3-5-19(17)25-15-18(22)23-26-20-7-6-16(14-21(20)27-23)28-9-12-30-13-10-28/h2-7,14-15H,8-13H2,1H3,(H,24,25)(H,26,27). The van der Waals surface area contributed by atoms with Crippen molar-refractivity contribution in [3.05, 3.63) is 48.7 Å². The van der Waals surface area contributed by atoms with Crippen molar-refractivity contribution in [2.24, 2.45) is 0 Å². The summed E-state index contributed by atoms with van der Waals surface area (Å²) < 4.78 is 10.7. The first kappa shape index (κ1) is 18.8. The zero-order valence-corrected chi connectivity index (χ0v) is 17.0. The summed E-state index contributed by atoms with van der Waals surface area (Å²) in [6.07, 6.45) is 1.89. The lowest BCUT2D eigenvalue weighted by Gasteiger charge is -2.28. The van der Waals surface area contributed by atoms with Gasteiger partial charge in [-0.1, -0.05) is 18.2 Å². The Morgan fingerprint density at radius 3 is 2.87 bits per heavy atom. The van der Waals surface area contributed by atoms with Crippen LogP contribution in [-0.2, 0) is 9.47 Å². The minimum absolute atomic E-state index is 0.624. The highest BCUT2D eigenvalue weighted by Crippen LogP contribution is 2.33. The Morgan fingerprint density at radius 1 is 1.13 bits per heavy atom. The Balaban J connectivity index is 1.56. The molecule has 0 radical (unpaired) electrons. The number of imidazole rings is 1. The van der Waals surface area contributed by atoms with Crippen LogP contribution in [0.5, 0.6) is 0 Å². The molecular formula is C23H25N5O2. The zero-order chi connectivity index (χ0) is 20.3. The maximum Gasteiger partial charge on any atom is 0.142 e. The number of morpholine rings is 1. The maximum absolute atomic E-state index is 5.47. The van der Waals surface area contributed by atoms with Gasteiger partial charge in [0.05, 0.1) is 47.6 Å². The number of hydrogen-bond acceptors (Lipinski definition) is 6. The average molecular weight is 403 g/mol. The molecule has 4 aromatic rings. The van der Waals surface area contributed by atoms with E-state index in [4.69, 9.17) is 14.5 Å². The van der Waals surface area contributed by atoms with E-state index < -0.39 is 0 Å². The number of hydrogen-bond donors (Lipinski definition) is 2. The van der Waals surface area contributed by atoms with Gasteiger partial charge in [-0.2, -0.15) is 0 Å². The molecule has 2 aromatic carbocycles. The third-order valence-corrected chi connectivity index (χ3v) is 5.48. The lowest BCUT2D eigenvalue weighted by atomic mass is 10.1. The molecule has 1 aliphatic heterocycles. The van der Waals surface area contributed by atoms with Crippen molar-refractivity contribution in [3.63, 3.8) is 0 Å². The second-order valence-electron chi connectivity index (χ2n) is 7.37. The first-order chi connectivity index (χ1) is 14.8. The summed E-state index contributed by atoms with van der Waals surface area (Å²) in [5, 5.41) is 4.59. The van der Waals surface area contributed by atoms with Crippen LogP contribution in [-0.4, -0.2) is 61.5 Å². The van der Waals surface area contributed by atoms with Gasteiger partial charge in [0.15, 0.2) is 0 Å². The number of aromatic nitrogens is 3.